The third-order valence-corrected chi connectivity index (χ3v) is 3.50. The lowest BCUT2D eigenvalue weighted by Crippen LogP contribution is -2.21. The van der Waals surface area contributed by atoms with Crippen LogP contribution in [0.4, 0.5) is 5.82 Å². The van der Waals surface area contributed by atoms with Crippen molar-refractivity contribution in [2.24, 2.45) is 11.8 Å². The monoisotopic (exact) mass is 258 g/mol. The highest BCUT2D eigenvalue weighted by Gasteiger charge is 2.23. The van der Waals surface area contributed by atoms with Gasteiger partial charge in [-0.1, -0.05) is 6.42 Å². The SMILES string of the molecule is Cc1cnnc(NC(=O)CC2CCCC(C#N)C2)c1. The second-order valence-electron chi connectivity index (χ2n) is 5.23. The van der Waals surface area contributed by atoms with Crippen molar-refractivity contribution in [3.63, 3.8) is 0 Å². The van der Waals surface area contributed by atoms with Gasteiger partial charge in [0.15, 0.2) is 5.82 Å². The van der Waals surface area contributed by atoms with Crippen LogP contribution >= 0.6 is 0 Å². The summed E-state index contributed by atoms with van der Waals surface area (Å²) in [6.45, 7) is 1.91. The first-order valence-electron chi connectivity index (χ1n) is 6.66. The molecule has 1 saturated carbocycles. The average molecular weight is 258 g/mol. The van der Waals surface area contributed by atoms with Gasteiger partial charge >= 0.3 is 0 Å². The van der Waals surface area contributed by atoms with E-state index in [0.717, 1.165) is 31.2 Å². The van der Waals surface area contributed by atoms with E-state index in [2.05, 4.69) is 21.6 Å². The Morgan fingerprint density at radius 2 is 2.42 bits per heavy atom. The zero-order valence-corrected chi connectivity index (χ0v) is 11.1. The number of hydrogen-bond acceptors (Lipinski definition) is 4. The topological polar surface area (TPSA) is 78.7 Å². The molecule has 0 bridgehead atoms. The first kappa shape index (κ1) is 13.5. The summed E-state index contributed by atoms with van der Waals surface area (Å²) in [7, 11) is 0. The molecule has 1 aromatic heterocycles. The number of rotatable bonds is 3. The fourth-order valence-electron chi connectivity index (χ4n) is 2.57. The van der Waals surface area contributed by atoms with Gasteiger partial charge in [-0.25, -0.2) is 0 Å². The Bertz CT molecular complexity index is 494. The third kappa shape index (κ3) is 4.02. The molecule has 100 valence electrons. The highest BCUT2D eigenvalue weighted by atomic mass is 16.1. The van der Waals surface area contributed by atoms with Gasteiger partial charge in [0.05, 0.1) is 12.3 Å². The van der Waals surface area contributed by atoms with Crippen LogP contribution < -0.4 is 5.32 Å². The first-order chi connectivity index (χ1) is 9.17. The Hall–Kier alpha value is -1.96. The van der Waals surface area contributed by atoms with Crippen LogP contribution in [0.2, 0.25) is 0 Å². The maximum Gasteiger partial charge on any atom is 0.225 e. The van der Waals surface area contributed by atoms with Crippen molar-refractivity contribution in [2.45, 2.75) is 39.0 Å². The number of nitriles is 1. The van der Waals surface area contributed by atoms with E-state index in [9.17, 15) is 4.79 Å². The van der Waals surface area contributed by atoms with Gasteiger partial charge in [0.25, 0.3) is 0 Å². The number of aryl methyl sites for hydroxylation is 1. The maximum atomic E-state index is 11.9. The molecule has 1 aromatic rings. The Morgan fingerprint density at radius 3 is 3.16 bits per heavy atom. The number of amides is 1. The standard InChI is InChI=1S/C14H18N4O/c1-10-5-13(18-16-9-10)17-14(19)7-11-3-2-4-12(6-11)8-15/h5,9,11-12H,2-4,6-7H2,1H3,(H,17,18,19). The molecule has 1 fully saturated rings. The maximum absolute atomic E-state index is 11.9. The van der Waals surface area contributed by atoms with E-state index in [1.54, 1.807) is 12.3 Å². The van der Waals surface area contributed by atoms with Crippen molar-refractivity contribution in [3.8, 4) is 6.07 Å². The van der Waals surface area contributed by atoms with Gasteiger partial charge in [0, 0.05) is 12.3 Å². The molecule has 0 aliphatic heterocycles. The number of carbonyl (C=O) groups is 1. The minimum atomic E-state index is -0.0384. The number of hydrogen-bond donors (Lipinski definition) is 1. The molecule has 19 heavy (non-hydrogen) atoms. The first-order valence-corrected chi connectivity index (χ1v) is 6.66. The molecule has 0 spiro atoms. The fourth-order valence-corrected chi connectivity index (χ4v) is 2.57. The van der Waals surface area contributed by atoms with Crippen molar-refractivity contribution < 1.29 is 4.79 Å². The minimum absolute atomic E-state index is 0.0384. The summed E-state index contributed by atoms with van der Waals surface area (Å²) in [5.74, 6) is 0.891. The molecule has 2 atom stereocenters. The van der Waals surface area contributed by atoms with Crippen LogP contribution in [0.25, 0.3) is 0 Å². The molecule has 1 heterocycles. The summed E-state index contributed by atoms with van der Waals surface area (Å²) in [6.07, 6.45) is 6.00. The van der Waals surface area contributed by atoms with Gasteiger partial charge in [-0.3, -0.25) is 4.79 Å². The van der Waals surface area contributed by atoms with Crippen molar-refractivity contribution >= 4 is 11.7 Å². The fraction of sp³-hybridized carbons (Fsp3) is 0.571. The Kier molecular flexibility index (Phi) is 4.45. The number of nitrogens with zero attached hydrogens (tertiary/aromatic N) is 3. The molecule has 5 heteroatoms. The molecule has 2 unspecified atom stereocenters. The smallest absolute Gasteiger partial charge is 0.225 e. The van der Waals surface area contributed by atoms with Crippen LogP contribution in [0.3, 0.4) is 0 Å². The van der Waals surface area contributed by atoms with Crippen molar-refractivity contribution in [3.05, 3.63) is 17.8 Å². The van der Waals surface area contributed by atoms with Gasteiger partial charge in [-0.2, -0.15) is 10.4 Å². The van der Waals surface area contributed by atoms with Crippen LogP contribution in [-0.4, -0.2) is 16.1 Å². The van der Waals surface area contributed by atoms with Crippen LogP contribution in [0.5, 0.6) is 0 Å². The average Bonchev–Trinajstić information content (AvgIpc) is 2.38. The van der Waals surface area contributed by atoms with E-state index < -0.39 is 0 Å². The molecule has 1 amide bonds. The normalized spacial score (nSPS) is 22.5. The highest BCUT2D eigenvalue weighted by molar-refractivity contribution is 5.89. The Balaban J connectivity index is 1.86. The molecule has 1 N–H and O–H groups in total. The lowest BCUT2D eigenvalue weighted by atomic mass is 9.80. The second kappa shape index (κ2) is 6.28. The van der Waals surface area contributed by atoms with E-state index in [1.807, 2.05) is 6.92 Å². The Morgan fingerprint density at radius 1 is 1.58 bits per heavy atom. The number of nitrogens with one attached hydrogen (secondary N) is 1. The quantitative estimate of drug-likeness (QED) is 0.903. The van der Waals surface area contributed by atoms with Crippen LogP contribution in [0, 0.1) is 30.1 Å². The zero-order valence-electron chi connectivity index (χ0n) is 11.1. The molecule has 1 aliphatic rings. The predicted molar refractivity (Wildman–Crippen MR) is 71.1 cm³/mol. The van der Waals surface area contributed by atoms with E-state index in [0.29, 0.717) is 18.2 Å². The molecule has 5 nitrogen and oxygen atoms in total. The molecular weight excluding hydrogens is 240 g/mol. The van der Waals surface area contributed by atoms with Gasteiger partial charge in [-0.15, -0.1) is 5.10 Å². The van der Waals surface area contributed by atoms with E-state index in [-0.39, 0.29) is 11.8 Å². The molecule has 0 aromatic carbocycles. The number of aromatic nitrogens is 2. The number of carbonyl (C=O) groups excluding carboxylic acids is 1. The summed E-state index contributed by atoms with van der Waals surface area (Å²) < 4.78 is 0. The lowest BCUT2D eigenvalue weighted by molar-refractivity contribution is -0.117. The molecular formula is C14H18N4O. The number of anilines is 1. The van der Waals surface area contributed by atoms with E-state index in [1.165, 1.54) is 0 Å². The van der Waals surface area contributed by atoms with Crippen LogP contribution in [0.1, 0.15) is 37.7 Å². The molecule has 2 rings (SSSR count). The van der Waals surface area contributed by atoms with E-state index in [4.69, 9.17) is 5.26 Å². The summed E-state index contributed by atoms with van der Waals surface area (Å²) in [6, 6.07) is 4.11. The van der Waals surface area contributed by atoms with Crippen molar-refractivity contribution in [1.29, 1.82) is 5.26 Å². The summed E-state index contributed by atoms with van der Waals surface area (Å²) >= 11 is 0. The molecule has 1 aliphatic carbocycles. The lowest BCUT2D eigenvalue weighted by Gasteiger charge is -2.24. The molecule has 0 saturated heterocycles. The van der Waals surface area contributed by atoms with Gasteiger partial charge in [0.1, 0.15) is 0 Å². The second-order valence-corrected chi connectivity index (χ2v) is 5.23. The minimum Gasteiger partial charge on any atom is -0.309 e. The van der Waals surface area contributed by atoms with Gasteiger partial charge in [0.2, 0.25) is 5.91 Å². The summed E-state index contributed by atoms with van der Waals surface area (Å²) in [5.41, 5.74) is 0.965. The molecule has 0 radical (unpaired) electrons. The summed E-state index contributed by atoms with van der Waals surface area (Å²) in [5, 5.41) is 19.4. The predicted octanol–water partition coefficient (Wildman–Crippen LogP) is 2.44. The Labute approximate surface area is 113 Å². The third-order valence-electron chi connectivity index (χ3n) is 3.50. The van der Waals surface area contributed by atoms with Crippen molar-refractivity contribution in [1.82, 2.24) is 10.2 Å². The summed E-state index contributed by atoms with van der Waals surface area (Å²) in [4.78, 5) is 11.9. The highest BCUT2D eigenvalue weighted by Crippen LogP contribution is 2.30. The largest absolute Gasteiger partial charge is 0.309 e. The van der Waals surface area contributed by atoms with Crippen LogP contribution in [0.15, 0.2) is 12.3 Å². The van der Waals surface area contributed by atoms with Crippen molar-refractivity contribution in [2.75, 3.05) is 5.32 Å². The van der Waals surface area contributed by atoms with Gasteiger partial charge < -0.3 is 5.32 Å². The van der Waals surface area contributed by atoms with E-state index >= 15 is 0 Å². The van der Waals surface area contributed by atoms with Gasteiger partial charge in [-0.05, 0) is 43.7 Å². The zero-order chi connectivity index (χ0) is 13.7. The van der Waals surface area contributed by atoms with Crippen LogP contribution in [-0.2, 0) is 4.79 Å².